The van der Waals surface area contributed by atoms with Crippen molar-refractivity contribution in [1.82, 2.24) is 14.9 Å². The molecule has 0 radical (unpaired) electrons. The number of halogens is 1. The highest BCUT2D eigenvalue weighted by Gasteiger charge is 2.12. The number of nitrogens with one attached hydrogen (secondary N) is 1. The fourth-order valence-electron chi connectivity index (χ4n) is 1.92. The van der Waals surface area contributed by atoms with E-state index < -0.39 is 0 Å². The molecule has 6 heteroatoms. The lowest BCUT2D eigenvalue weighted by Crippen LogP contribution is -2.40. The van der Waals surface area contributed by atoms with Gasteiger partial charge in [0.15, 0.2) is 0 Å². The summed E-state index contributed by atoms with van der Waals surface area (Å²) in [6, 6.07) is 1.07. The molecule has 0 aromatic carbocycles. The number of nitrogens with two attached hydrogens (primary N) is 1. The first-order valence-corrected chi connectivity index (χ1v) is 6.98. The lowest BCUT2D eigenvalue weighted by atomic mass is 10.2. The van der Waals surface area contributed by atoms with Gasteiger partial charge in [-0.1, -0.05) is 0 Å². The molecule has 5 nitrogen and oxygen atoms in total. The van der Waals surface area contributed by atoms with Crippen molar-refractivity contribution in [3.63, 3.8) is 0 Å². The third-order valence-electron chi connectivity index (χ3n) is 2.75. The zero-order chi connectivity index (χ0) is 13.7. The quantitative estimate of drug-likeness (QED) is 0.843. The zero-order valence-corrected chi connectivity index (χ0v) is 13.0. The summed E-state index contributed by atoms with van der Waals surface area (Å²) in [6.07, 6.45) is 1.66. The summed E-state index contributed by atoms with van der Waals surface area (Å²) in [7, 11) is 0. The molecule has 0 aliphatic rings. The van der Waals surface area contributed by atoms with Crippen molar-refractivity contribution in [2.24, 2.45) is 0 Å². The van der Waals surface area contributed by atoms with Gasteiger partial charge in [-0.15, -0.1) is 0 Å². The average molecular weight is 316 g/mol. The summed E-state index contributed by atoms with van der Waals surface area (Å²) in [5.74, 6) is 1.03. The van der Waals surface area contributed by atoms with Crippen molar-refractivity contribution in [3.05, 3.63) is 10.7 Å². The van der Waals surface area contributed by atoms with Crippen molar-refractivity contribution in [2.75, 3.05) is 24.1 Å². The molecule has 0 fully saturated rings. The molecule has 0 saturated heterocycles. The molecule has 18 heavy (non-hydrogen) atoms. The normalized spacial score (nSPS) is 11.6. The predicted octanol–water partition coefficient (Wildman–Crippen LogP) is 2.35. The molecule has 3 N–H and O–H groups in total. The van der Waals surface area contributed by atoms with Crippen LogP contribution in [-0.4, -0.2) is 40.0 Å². The van der Waals surface area contributed by atoms with Crippen molar-refractivity contribution in [3.8, 4) is 0 Å². The molecule has 102 valence electrons. The predicted molar refractivity (Wildman–Crippen MR) is 79.6 cm³/mol. The highest BCUT2D eigenvalue weighted by atomic mass is 79.9. The van der Waals surface area contributed by atoms with Crippen LogP contribution in [0.3, 0.4) is 0 Å². The Labute approximate surface area is 117 Å². The van der Waals surface area contributed by atoms with E-state index in [0.29, 0.717) is 12.1 Å². The Morgan fingerprint density at radius 2 is 1.94 bits per heavy atom. The van der Waals surface area contributed by atoms with Crippen LogP contribution in [-0.2, 0) is 0 Å². The van der Waals surface area contributed by atoms with Gasteiger partial charge in [0, 0.05) is 31.4 Å². The topological polar surface area (TPSA) is 67.1 Å². The van der Waals surface area contributed by atoms with Crippen LogP contribution in [0.1, 0.15) is 27.7 Å². The van der Waals surface area contributed by atoms with Crippen LogP contribution in [0.4, 0.5) is 11.8 Å². The van der Waals surface area contributed by atoms with Crippen molar-refractivity contribution >= 4 is 27.7 Å². The molecule has 0 saturated carbocycles. The van der Waals surface area contributed by atoms with E-state index in [9.17, 15) is 0 Å². The Balaban J connectivity index is 2.52. The summed E-state index contributed by atoms with van der Waals surface area (Å²) >= 11 is 3.40. The second-order valence-corrected chi connectivity index (χ2v) is 5.63. The molecule has 1 rings (SSSR count). The van der Waals surface area contributed by atoms with Gasteiger partial charge < -0.3 is 11.1 Å². The summed E-state index contributed by atoms with van der Waals surface area (Å²) in [5, 5.41) is 3.27. The van der Waals surface area contributed by atoms with E-state index in [1.54, 1.807) is 6.20 Å². The SMILES string of the molecule is CC(C)N(CCNc1nc(N)ncc1Br)C(C)C. The monoisotopic (exact) mass is 315 g/mol. The maximum absolute atomic E-state index is 5.56. The molecule has 0 aliphatic carbocycles. The van der Waals surface area contributed by atoms with Crippen molar-refractivity contribution in [2.45, 2.75) is 39.8 Å². The minimum Gasteiger partial charge on any atom is -0.368 e. The molecule has 0 amide bonds. The van der Waals surface area contributed by atoms with E-state index >= 15 is 0 Å². The molecule has 0 bridgehead atoms. The van der Waals surface area contributed by atoms with Crippen LogP contribution in [0.15, 0.2) is 10.7 Å². The smallest absolute Gasteiger partial charge is 0.221 e. The van der Waals surface area contributed by atoms with Crippen LogP contribution in [0.25, 0.3) is 0 Å². The van der Waals surface area contributed by atoms with E-state index in [1.165, 1.54) is 0 Å². The van der Waals surface area contributed by atoms with Crippen LogP contribution in [0.5, 0.6) is 0 Å². The van der Waals surface area contributed by atoms with Gasteiger partial charge in [-0.25, -0.2) is 4.98 Å². The van der Waals surface area contributed by atoms with Crippen molar-refractivity contribution < 1.29 is 0 Å². The summed E-state index contributed by atoms with van der Waals surface area (Å²) in [6.45, 7) is 10.6. The van der Waals surface area contributed by atoms with E-state index in [1.807, 2.05) is 0 Å². The van der Waals surface area contributed by atoms with Gasteiger partial charge in [0.2, 0.25) is 5.95 Å². The average Bonchev–Trinajstić information content (AvgIpc) is 2.27. The molecule has 1 aromatic rings. The first-order chi connectivity index (χ1) is 8.41. The van der Waals surface area contributed by atoms with Crippen molar-refractivity contribution in [1.29, 1.82) is 0 Å². The summed E-state index contributed by atoms with van der Waals surface area (Å²) < 4.78 is 0.831. The van der Waals surface area contributed by atoms with Gasteiger partial charge in [0.1, 0.15) is 5.82 Å². The fourth-order valence-corrected chi connectivity index (χ4v) is 2.25. The third-order valence-corrected chi connectivity index (χ3v) is 3.33. The van der Waals surface area contributed by atoms with E-state index in [4.69, 9.17) is 5.73 Å². The molecular formula is C12H22BrN5. The largest absolute Gasteiger partial charge is 0.368 e. The first kappa shape index (κ1) is 15.2. The van der Waals surface area contributed by atoms with Gasteiger partial charge in [-0.3, -0.25) is 4.90 Å². The lowest BCUT2D eigenvalue weighted by Gasteiger charge is -2.30. The number of nitrogens with zero attached hydrogens (tertiary/aromatic N) is 3. The van der Waals surface area contributed by atoms with E-state index in [-0.39, 0.29) is 5.95 Å². The van der Waals surface area contributed by atoms with E-state index in [2.05, 4.69) is 63.8 Å². The van der Waals surface area contributed by atoms with E-state index in [0.717, 1.165) is 23.4 Å². The van der Waals surface area contributed by atoms with Crippen LogP contribution in [0.2, 0.25) is 0 Å². The molecule has 0 atom stereocenters. The fraction of sp³-hybridized carbons (Fsp3) is 0.667. The number of anilines is 2. The molecule has 0 aliphatic heterocycles. The van der Waals surface area contributed by atoms with Crippen LogP contribution in [0, 0.1) is 0 Å². The third kappa shape index (κ3) is 4.42. The highest BCUT2D eigenvalue weighted by molar-refractivity contribution is 9.10. The Morgan fingerprint density at radius 3 is 2.50 bits per heavy atom. The number of hydrogen-bond donors (Lipinski definition) is 2. The van der Waals surface area contributed by atoms with Crippen LogP contribution >= 0.6 is 15.9 Å². The summed E-state index contributed by atoms with van der Waals surface area (Å²) in [5.41, 5.74) is 5.56. The molecule has 1 heterocycles. The Morgan fingerprint density at radius 1 is 1.33 bits per heavy atom. The second-order valence-electron chi connectivity index (χ2n) is 4.78. The molecular weight excluding hydrogens is 294 g/mol. The highest BCUT2D eigenvalue weighted by Crippen LogP contribution is 2.18. The van der Waals surface area contributed by atoms with Gasteiger partial charge in [0.05, 0.1) is 4.47 Å². The standard InChI is InChI=1S/C12H22BrN5/c1-8(2)18(9(3)4)6-5-15-11-10(13)7-16-12(14)17-11/h7-9H,5-6H2,1-4H3,(H3,14,15,16,17). The minimum atomic E-state index is 0.283. The zero-order valence-electron chi connectivity index (χ0n) is 11.4. The number of rotatable bonds is 6. The maximum atomic E-state index is 5.56. The number of aromatic nitrogens is 2. The Kier molecular flexibility index (Phi) is 5.81. The number of hydrogen-bond acceptors (Lipinski definition) is 5. The van der Waals surface area contributed by atoms with Crippen LogP contribution < -0.4 is 11.1 Å². The second kappa shape index (κ2) is 6.89. The Bertz CT molecular complexity index is 373. The van der Waals surface area contributed by atoms with Gasteiger partial charge in [-0.2, -0.15) is 4.98 Å². The maximum Gasteiger partial charge on any atom is 0.221 e. The summed E-state index contributed by atoms with van der Waals surface area (Å²) in [4.78, 5) is 10.5. The first-order valence-electron chi connectivity index (χ1n) is 6.19. The Hall–Kier alpha value is -0.880. The minimum absolute atomic E-state index is 0.283. The van der Waals surface area contributed by atoms with Gasteiger partial charge >= 0.3 is 0 Å². The molecule has 1 aromatic heterocycles. The lowest BCUT2D eigenvalue weighted by molar-refractivity contribution is 0.182. The molecule has 0 spiro atoms. The van der Waals surface area contributed by atoms with Gasteiger partial charge in [-0.05, 0) is 43.6 Å². The van der Waals surface area contributed by atoms with Gasteiger partial charge in [0.25, 0.3) is 0 Å². The molecule has 0 unspecified atom stereocenters. The number of nitrogen functional groups attached to an aromatic ring is 1.